The maximum Gasteiger partial charge on any atom is 0.0735 e. The number of nitrogens with zero attached hydrogens (tertiary/aromatic N) is 2. The summed E-state index contributed by atoms with van der Waals surface area (Å²) in [6.45, 7) is 1.99. The Morgan fingerprint density at radius 1 is 1.18 bits per heavy atom. The number of fused-ring (bicyclic) bond motifs is 1. The van der Waals surface area contributed by atoms with Crippen molar-refractivity contribution in [2.75, 3.05) is 0 Å². The topological polar surface area (TPSA) is 25.8 Å². The van der Waals surface area contributed by atoms with E-state index in [1.807, 2.05) is 31.3 Å². The Hall–Kier alpha value is -1.44. The van der Waals surface area contributed by atoms with Gasteiger partial charge in [-0.2, -0.15) is 0 Å². The van der Waals surface area contributed by atoms with Gasteiger partial charge in [0.25, 0.3) is 0 Å². The lowest BCUT2D eigenvalue weighted by Crippen LogP contribution is -1.82. The van der Waals surface area contributed by atoms with Gasteiger partial charge in [0.1, 0.15) is 0 Å². The van der Waals surface area contributed by atoms with Crippen molar-refractivity contribution in [1.82, 2.24) is 9.97 Å². The summed E-state index contributed by atoms with van der Waals surface area (Å²) in [6, 6.07) is 5.94. The van der Waals surface area contributed by atoms with Crippen molar-refractivity contribution < 1.29 is 0 Å². The summed E-state index contributed by atoms with van der Waals surface area (Å²) in [5, 5.41) is 1.10. The van der Waals surface area contributed by atoms with Crippen LogP contribution in [0.15, 0.2) is 30.6 Å². The largest absolute Gasteiger partial charge is 0.264 e. The lowest BCUT2D eigenvalue weighted by atomic mass is 10.2. The van der Waals surface area contributed by atoms with E-state index in [2.05, 4.69) is 9.97 Å². The van der Waals surface area contributed by atoms with Crippen molar-refractivity contribution in [1.29, 1.82) is 0 Å². The Labute approximate surface area is 64.9 Å². The van der Waals surface area contributed by atoms with Crippen LogP contribution in [0.1, 0.15) is 5.69 Å². The van der Waals surface area contributed by atoms with Gasteiger partial charge >= 0.3 is 0 Å². The van der Waals surface area contributed by atoms with Crippen molar-refractivity contribution in [2.45, 2.75) is 6.92 Å². The first-order chi connectivity index (χ1) is 5.36. The van der Waals surface area contributed by atoms with E-state index in [0.717, 1.165) is 16.6 Å². The van der Waals surface area contributed by atoms with Crippen LogP contribution in [-0.2, 0) is 0 Å². The normalized spacial score (nSPS) is 10.3. The van der Waals surface area contributed by atoms with Crippen LogP contribution in [0.4, 0.5) is 0 Å². The van der Waals surface area contributed by atoms with Gasteiger partial charge in [0.15, 0.2) is 0 Å². The van der Waals surface area contributed by atoms with E-state index >= 15 is 0 Å². The van der Waals surface area contributed by atoms with E-state index in [-0.39, 0.29) is 0 Å². The van der Waals surface area contributed by atoms with Crippen LogP contribution < -0.4 is 0 Å². The molecule has 0 aromatic carbocycles. The second-order valence-electron chi connectivity index (χ2n) is 2.52. The van der Waals surface area contributed by atoms with Crippen molar-refractivity contribution >= 4 is 10.9 Å². The Morgan fingerprint density at radius 2 is 2.09 bits per heavy atom. The Bertz CT molecular complexity index is 382. The van der Waals surface area contributed by atoms with Crippen LogP contribution in [0.25, 0.3) is 10.9 Å². The van der Waals surface area contributed by atoms with Gasteiger partial charge < -0.3 is 0 Å². The molecule has 0 unspecified atom stereocenters. The fraction of sp³-hybridized carbons (Fsp3) is 0.111. The molecule has 0 radical (unpaired) electrons. The zero-order chi connectivity index (χ0) is 7.68. The molecule has 0 amide bonds. The molecule has 0 saturated heterocycles. The minimum atomic E-state index is 1.01. The molecule has 11 heavy (non-hydrogen) atoms. The maximum atomic E-state index is 4.34. The van der Waals surface area contributed by atoms with Crippen molar-refractivity contribution in [3.05, 3.63) is 36.3 Å². The van der Waals surface area contributed by atoms with E-state index in [0.29, 0.717) is 0 Å². The molecule has 0 aliphatic rings. The van der Waals surface area contributed by atoms with E-state index in [9.17, 15) is 0 Å². The van der Waals surface area contributed by atoms with Gasteiger partial charge in [-0.1, -0.05) is 0 Å². The van der Waals surface area contributed by atoms with Crippen LogP contribution in [0, 0.1) is 6.92 Å². The number of hydrogen-bond donors (Lipinski definition) is 0. The predicted molar refractivity (Wildman–Crippen MR) is 44.3 cm³/mol. The van der Waals surface area contributed by atoms with Gasteiger partial charge in [-0.05, 0) is 25.1 Å². The third-order valence-corrected chi connectivity index (χ3v) is 1.63. The quantitative estimate of drug-likeness (QED) is 0.564. The van der Waals surface area contributed by atoms with Crippen LogP contribution in [-0.4, -0.2) is 9.97 Å². The van der Waals surface area contributed by atoms with E-state index in [1.54, 1.807) is 6.20 Å². The van der Waals surface area contributed by atoms with E-state index in [1.165, 1.54) is 0 Å². The molecule has 0 spiro atoms. The highest BCUT2D eigenvalue weighted by molar-refractivity contribution is 5.77. The second-order valence-corrected chi connectivity index (χ2v) is 2.52. The monoisotopic (exact) mass is 144 g/mol. The molecule has 0 saturated carbocycles. The highest BCUT2D eigenvalue weighted by Crippen LogP contribution is 2.08. The molecule has 2 aromatic rings. The molecule has 2 heteroatoms. The first kappa shape index (κ1) is 6.28. The molecule has 0 N–H and O–H groups in total. The van der Waals surface area contributed by atoms with Gasteiger partial charge in [0, 0.05) is 23.5 Å². The summed E-state index contributed by atoms with van der Waals surface area (Å²) in [4.78, 5) is 8.34. The smallest absolute Gasteiger partial charge is 0.0735 e. The number of aryl methyl sites for hydroxylation is 1. The molecule has 2 aromatic heterocycles. The number of hydrogen-bond acceptors (Lipinski definition) is 2. The molecule has 0 fully saturated rings. The summed E-state index contributed by atoms with van der Waals surface area (Å²) in [5.74, 6) is 0. The third-order valence-electron chi connectivity index (χ3n) is 1.63. The van der Waals surface area contributed by atoms with E-state index < -0.39 is 0 Å². The second kappa shape index (κ2) is 2.31. The van der Waals surface area contributed by atoms with Gasteiger partial charge in [-0.15, -0.1) is 0 Å². The SMILES string of the molecule is Cc1ccc2cnccc2n1. The molecule has 0 aliphatic carbocycles. The minimum absolute atomic E-state index is 1.01. The summed E-state index contributed by atoms with van der Waals surface area (Å²) < 4.78 is 0. The summed E-state index contributed by atoms with van der Waals surface area (Å²) in [7, 11) is 0. The molecule has 0 atom stereocenters. The average molecular weight is 144 g/mol. The molecule has 2 nitrogen and oxygen atoms in total. The maximum absolute atomic E-state index is 4.34. The molecular formula is C9H8N2. The standard InChI is InChI=1S/C9H8N2/c1-7-2-3-8-6-10-5-4-9(8)11-7/h2-6H,1H3. The highest BCUT2D eigenvalue weighted by Gasteiger charge is 1.91. The Morgan fingerprint density at radius 3 is 3.00 bits per heavy atom. The summed E-state index contributed by atoms with van der Waals surface area (Å²) in [6.07, 6.45) is 3.58. The van der Waals surface area contributed by atoms with Crippen LogP contribution in [0.2, 0.25) is 0 Å². The number of rotatable bonds is 0. The fourth-order valence-corrected chi connectivity index (χ4v) is 1.07. The third kappa shape index (κ3) is 1.07. The van der Waals surface area contributed by atoms with Crippen molar-refractivity contribution in [3.63, 3.8) is 0 Å². The number of aromatic nitrogens is 2. The van der Waals surface area contributed by atoms with Gasteiger partial charge in [0.05, 0.1) is 5.52 Å². The summed E-state index contributed by atoms with van der Waals surface area (Å²) in [5.41, 5.74) is 2.06. The Balaban J connectivity index is 2.83. The van der Waals surface area contributed by atoms with Crippen LogP contribution in [0.5, 0.6) is 0 Å². The van der Waals surface area contributed by atoms with Crippen molar-refractivity contribution in [2.24, 2.45) is 0 Å². The number of pyridine rings is 2. The van der Waals surface area contributed by atoms with E-state index in [4.69, 9.17) is 0 Å². The zero-order valence-electron chi connectivity index (χ0n) is 6.28. The lowest BCUT2D eigenvalue weighted by molar-refractivity contribution is 1.24. The van der Waals surface area contributed by atoms with Gasteiger partial charge in [-0.25, -0.2) is 0 Å². The zero-order valence-corrected chi connectivity index (χ0v) is 6.28. The molecule has 0 aliphatic heterocycles. The molecule has 2 rings (SSSR count). The average Bonchev–Trinajstić information content (AvgIpc) is 2.04. The summed E-state index contributed by atoms with van der Waals surface area (Å²) >= 11 is 0. The minimum Gasteiger partial charge on any atom is -0.264 e. The first-order valence-electron chi connectivity index (χ1n) is 3.53. The lowest BCUT2D eigenvalue weighted by Gasteiger charge is -1.95. The Kier molecular flexibility index (Phi) is 1.32. The van der Waals surface area contributed by atoms with Gasteiger partial charge in [-0.3, -0.25) is 9.97 Å². The molecule has 2 heterocycles. The fourth-order valence-electron chi connectivity index (χ4n) is 1.07. The molecular weight excluding hydrogens is 136 g/mol. The van der Waals surface area contributed by atoms with Crippen molar-refractivity contribution in [3.8, 4) is 0 Å². The van der Waals surface area contributed by atoms with Crippen LogP contribution >= 0.6 is 0 Å². The van der Waals surface area contributed by atoms with Gasteiger partial charge in [0.2, 0.25) is 0 Å². The molecule has 0 bridgehead atoms. The first-order valence-corrected chi connectivity index (χ1v) is 3.53. The predicted octanol–water partition coefficient (Wildman–Crippen LogP) is 1.94. The molecule has 54 valence electrons. The highest BCUT2D eigenvalue weighted by atomic mass is 14.7. The van der Waals surface area contributed by atoms with Crippen LogP contribution in [0.3, 0.4) is 0 Å².